The van der Waals surface area contributed by atoms with Gasteiger partial charge in [-0.25, -0.2) is 0 Å². The molecule has 0 aromatic heterocycles. The van der Waals surface area contributed by atoms with Crippen LogP contribution in [0.3, 0.4) is 0 Å². The number of nitrogens with zero attached hydrogens (tertiary/aromatic N) is 1. The summed E-state index contributed by atoms with van der Waals surface area (Å²) in [5, 5.41) is 16.9. The van der Waals surface area contributed by atoms with Crippen molar-refractivity contribution in [1.29, 1.82) is 0 Å². The van der Waals surface area contributed by atoms with Crippen LogP contribution in [0, 0.1) is 0 Å². The molecule has 0 fully saturated rings. The third kappa shape index (κ3) is 11.2. The van der Waals surface area contributed by atoms with Crippen LogP contribution < -0.4 is 5.46 Å². The summed E-state index contributed by atoms with van der Waals surface area (Å²) in [4.78, 5) is 0. The van der Waals surface area contributed by atoms with E-state index in [4.69, 9.17) is 10.0 Å². The Morgan fingerprint density at radius 1 is 1.00 bits per heavy atom. The quantitative estimate of drug-likeness (QED) is 0.553. The highest BCUT2D eigenvalue weighted by Gasteiger charge is 2.18. The second kappa shape index (κ2) is 6.63. The van der Waals surface area contributed by atoms with Crippen LogP contribution in [-0.2, 0) is 0 Å². The lowest BCUT2D eigenvalue weighted by Crippen LogP contribution is -2.43. The largest absolute Gasteiger partial charge is 0.552 e. The van der Waals surface area contributed by atoms with Crippen LogP contribution in [0.2, 0.25) is 0 Å². The summed E-state index contributed by atoms with van der Waals surface area (Å²) in [7, 11) is 8.50. The van der Waals surface area contributed by atoms with Crippen LogP contribution in [0.25, 0.3) is 0 Å². The first-order chi connectivity index (χ1) is 6.61. The summed E-state index contributed by atoms with van der Waals surface area (Å²) in [5.74, 6) is 0. The second-order valence-corrected chi connectivity index (χ2v) is 4.77. The first-order valence-corrected chi connectivity index (χ1v) is 4.72. The van der Waals surface area contributed by atoms with E-state index >= 15 is 0 Å². The number of hydrogen-bond donors (Lipinski definition) is 2. The van der Waals surface area contributed by atoms with E-state index in [-0.39, 0.29) is 12.9 Å². The predicted molar refractivity (Wildman–Crippen MR) is 68.1 cm³/mol. The SMILES string of the molecule is C.C[N+](C)(C)C.O[B-](O)(F)c1ccccc1. The molecule has 1 rings (SSSR count). The molecule has 0 heterocycles. The monoisotopic (exact) mass is 231 g/mol. The fraction of sp³-hybridized carbons (Fsp3) is 0.455. The average molecular weight is 231 g/mol. The first kappa shape index (κ1) is 17.5. The molecule has 0 saturated heterocycles. The number of quaternary nitrogens is 1. The number of rotatable bonds is 1. The lowest BCUT2D eigenvalue weighted by Gasteiger charge is -2.18. The summed E-state index contributed by atoms with van der Waals surface area (Å²) in [6.07, 6.45) is 0. The van der Waals surface area contributed by atoms with Gasteiger partial charge in [-0.3, -0.25) is 0 Å². The highest BCUT2D eigenvalue weighted by atomic mass is 19.1. The summed E-state index contributed by atoms with van der Waals surface area (Å²) >= 11 is 0. The van der Waals surface area contributed by atoms with E-state index in [0.717, 1.165) is 4.48 Å². The van der Waals surface area contributed by atoms with Gasteiger partial charge in [0.1, 0.15) is 0 Å². The normalized spacial score (nSPS) is 10.9. The molecule has 0 amide bonds. The Kier molecular flexibility index (Phi) is 7.25. The molecule has 0 atom stereocenters. The zero-order valence-electron chi connectivity index (χ0n) is 9.68. The van der Waals surface area contributed by atoms with Crippen molar-refractivity contribution >= 4 is 12.3 Å². The minimum Gasteiger partial charge on any atom is -0.552 e. The number of halogens is 1. The van der Waals surface area contributed by atoms with Crippen molar-refractivity contribution in [2.75, 3.05) is 28.2 Å². The number of hydrogen-bond acceptors (Lipinski definition) is 2. The summed E-state index contributed by atoms with van der Waals surface area (Å²) < 4.78 is 13.3. The molecule has 5 heteroatoms. The predicted octanol–water partition coefficient (Wildman–Crippen LogP) is 0.745. The molecule has 0 radical (unpaired) electrons. The maximum absolute atomic E-state index is 12.3. The van der Waals surface area contributed by atoms with Gasteiger partial charge in [-0.05, 0) is 0 Å². The van der Waals surface area contributed by atoms with Crippen molar-refractivity contribution in [3.63, 3.8) is 0 Å². The van der Waals surface area contributed by atoms with Crippen LogP contribution in [0.5, 0.6) is 0 Å². The fourth-order valence-corrected chi connectivity index (χ4v) is 0.698. The van der Waals surface area contributed by atoms with Crippen molar-refractivity contribution in [3.8, 4) is 0 Å². The van der Waals surface area contributed by atoms with E-state index in [1.165, 1.54) is 24.3 Å². The van der Waals surface area contributed by atoms with Crippen LogP contribution in [0.15, 0.2) is 30.3 Å². The Labute approximate surface area is 97.8 Å². The van der Waals surface area contributed by atoms with Crippen LogP contribution >= 0.6 is 0 Å². The molecule has 16 heavy (non-hydrogen) atoms. The van der Waals surface area contributed by atoms with E-state index < -0.39 is 6.83 Å². The van der Waals surface area contributed by atoms with Gasteiger partial charge in [-0.15, -0.1) is 5.46 Å². The summed E-state index contributed by atoms with van der Waals surface area (Å²) in [6, 6.07) is 7.39. The average Bonchev–Trinajstić information content (AvgIpc) is 2.01. The van der Waals surface area contributed by atoms with Crippen molar-refractivity contribution in [1.82, 2.24) is 0 Å². The Morgan fingerprint density at radius 2 is 1.31 bits per heavy atom. The summed E-state index contributed by atoms with van der Waals surface area (Å²) in [5.41, 5.74) is -0.0949. The van der Waals surface area contributed by atoms with Gasteiger partial charge in [0.05, 0.1) is 28.2 Å². The molecule has 0 spiro atoms. The first-order valence-electron chi connectivity index (χ1n) is 4.72. The van der Waals surface area contributed by atoms with E-state index in [9.17, 15) is 4.32 Å². The van der Waals surface area contributed by atoms with Crippen molar-refractivity contribution in [3.05, 3.63) is 30.3 Å². The molecule has 94 valence electrons. The maximum Gasteiger partial charge on any atom is 0.437 e. The van der Waals surface area contributed by atoms with Crippen LogP contribution in [-0.4, -0.2) is 49.6 Å². The standard InChI is InChI=1S/C6H7BFO2.C4H12N.CH4/c8-7(9,10)6-4-2-1-3-5-6;1-5(2,3)4;/h1-5,9-10H;1-4H3;1H4/q-1;+1;. The van der Waals surface area contributed by atoms with E-state index in [0.29, 0.717) is 0 Å². The number of benzene rings is 1. The third-order valence-electron chi connectivity index (χ3n) is 1.22. The van der Waals surface area contributed by atoms with Gasteiger partial charge in [-0.2, -0.15) is 0 Å². The van der Waals surface area contributed by atoms with Gasteiger partial charge in [0.25, 0.3) is 0 Å². The van der Waals surface area contributed by atoms with Gasteiger partial charge >= 0.3 is 6.83 Å². The van der Waals surface area contributed by atoms with Crippen LogP contribution in [0.4, 0.5) is 4.32 Å². The Balaban J connectivity index is 0. The molecule has 0 aliphatic carbocycles. The lowest BCUT2D eigenvalue weighted by molar-refractivity contribution is -0.849. The minimum absolute atomic E-state index is 0. The van der Waals surface area contributed by atoms with Crippen molar-refractivity contribution in [2.45, 2.75) is 7.43 Å². The van der Waals surface area contributed by atoms with Gasteiger partial charge in [0, 0.05) is 0 Å². The molecule has 1 aromatic carbocycles. The molecule has 0 unspecified atom stereocenters. The van der Waals surface area contributed by atoms with E-state index in [1.54, 1.807) is 6.07 Å². The molecule has 1 aromatic rings. The van der Waals surface area contributed by atoms with Gasteiger partial charge in [-0.1, -0.05) is 37.8 Å². The highest BCUT2D eigenvalue weighted by Crippen LogP contribution is 1.95. The van der Waals surface area contributed by atoms with E-state index in [2.05, 4.69) is 28.2 Å². The topological polar surface area (TPSA) is 40.5 Å². The van der Waals surface area contributed by atoms with Crippen molar-refractivity contribution in [2.24, 2.45) is 0 Å². The molecule has 3 nitrogen and oxygen atoms in total. The molecular weight excluding hydrogens is 208 g/mol. The molecule has 0 aliphatic rings. The molecule has 2 N–H and O–H groups in total. The van der Waals surface area contributed by atoms with Gasteiger partial charge in [0.2, 0.25) is 0 Å². The third-order valence-corrected chi connectivity index (χ3v) is 1.22. The Bertz CT molecular complexity index is 274. The Morgan fingerprint density at radius 3 is 1.50 bits per heavy atom. The fourth-order valence-electron chi connectivity index (χ4n) is 0.698. The second-order valence-electron chi connectivity index (χ2n) is 4.77. The van der Waals surface area contributed by atoms with Crippen LogP contribution in [0.1, 0.15) is 7.43 Å². The lowest BCUT2D eigenvalue weighted by atomic mass is 9.74. The molecular formula is C11H23BFNO2. The maximum atomic E-state index is 12.3. The zero-order valence-corrected chi connectivity index (χ0v) is 9.68. The highest BCUT2D eigenvalue weighted by molar-refractivity contribution is 6.72. The van der Waals surface area contributed by atoms with Crippen molar-refractivity contribution < 1.29 is 18.8 Å². The zero-order chi connectivity index (χ0) is 12.1. The Hall–Kier alpha value is -0.905. The smallest absolute Gasteiger partial charge is 0.437 e. The molecule has 0 saturated carbocycles. The summed E-state index contributed by atoms with van der Waals surface area (Å²) in [6.45, 7) is -3.80. The van der Waals surface area contributed by atoms with E-state index in [1.807, 2.05) is 0 Å². The van der Waals surface area contributed by atoms with Gasteiger partial charge in [0.15, 0.2) is 0 Å². The molecule has 0 bridgehead atoms. The van der Waals surface area contributed by atoms with Gasteiger partial charge < -0.3 is 18.8 Å². The molecule has 0 aliphatic heterocycles. The minimum atomic E-state index is -3.80.